The van der Waals surface area contributed by atoms with Crippen LogP contribution in [-0.2, 0) is 11.3 Å². The van der Waals surface area contributed by atoms with E-state index in [0.29, 0.717) is 12.6 Å². The van der Waals surface area contributed by atoms with Gasteiger partial charge in [-0.1, -0.05) is 0 Å². The number of ether oxygens (including phenoxy) is 1. The van der Waals surface area contributed by atoms with Crippen molar-refractivity contribution in [1.29, 1.82) is 0 Å². The van der Waals surface area contributed by atoms with Crippen molar-refractivity contribution >= 4 is 5.82 Å². The van der Waals surface area contributed by atoms with E-state index in [4.69, 9.17) is 10.5 Å². The lowest BCUT2D eigenvalue weighted by Gasteiger charge is -2.33. The summed E-state index contributed by atoms with van der Waals surface area (Å²) in [6.07, 6.45) is 3.52. The van der Waals surface area contributed by atoms with Gasteiger partial charge in [-0.05, 0) is 6.92 Å². The molecule has 0 spiro atoms. The van der Waals surface area contributed by atoms with Crippen LogP contribution in [0.2, 0.25) is 0 Å². The number of nitrogens with two attached hydrogens (primary N) is 1. The first-order valence-corrected chi connectivity index (χ1v) is 5.16. The first-order chi connectivity index (χ1) is 7.31. The Balaban J connectivity index is 2.13. The van der Waals surface area contributed by atoms with E-state index in [-0.39, 0.29) is 0 Å². The van der Waals surface area contributed by atoms with Crippen LogP contribution in [0.25, 0.3) is 0 Å². The van der Waals surface area contributed by atoms with E-state index in [2.05, 4.69) is 21.8 Å². The second-order valence-electron chi connectivity index (χ2n) is 3.69. The van der Waals surface area contributed by atoms with Gasteiger partial charge in [0.05, 0.1) is 37.3 Å². The molecule has 5 heteroatoms. The smallest absolute Gasteiger partial charge is 0.147 e. The molecule has 2 heterocycles. The molecule has 0 amide bonds. The van der Waals surface area contributed by atoms with Gasteiger partial charge < -0.3 is 15.4 Å². The molecule has 1 unspecified atom stereocenters. The summed E-state index contributed by atoms with van der Waals surface area (Å²) < 4.78 is 5.37. The van der Waals surface area contributed by atoms with Crippen LogP contribution >= 0.6 is 0 Å². The molecule has 82 valence electrons. The summed E-state index contributed by atoms with van der Waals surface area (Å²) in [7, 11) is 0. The Bertz CT molecular complexity index is 314. The van der Waals surface area contributed by atoms with Crippen LogP contribution in [0, 0.1) is 0 Å². The molecule has 0 radical (unpaired) electrons. The average Bonchev–Trinajstić information content (AvgIpc) is 2.30. The topological polar surface area (TPSA) is 64.3 Å². The van der Waals surface area contributed by atoms with Gasteiger partial charge in [-0.3, -0.25) is 4.98 Å². The van der Waals surface area contributed by atoms with Gasteiger partial charge in [-0.2, -0.15) is 0 Å². The zero-order valence-corrected chi connectivity index (χ0v) is 8.89. The van der Waals surface area contributed by atoms with Gasteiger partial charge in [0.25, 0.3) is 0 Å². The second-order valence-corrected chi connectivity index (χ2v) is 3.69. The lowest BCUT2D eigenvalue weighted by molar-refractivity contribution is 0.0985. The number of aromatic nitrogens is 2. The zero-order chi connectivity index (χ0) is 10.7. The molecule has 2 N–H and O–H groups in total. The summed E-state index contributed by atoms with van der Waals surface area (Å²) in [5.74, 6) is 0.906. The predicted molar refractivity (Wildman–Crippen MR) is 57.6 cm³/mol. The lowest BCUT2D eigenvalue weighted by Crippen LogP contribution is -2.44. The second kappa shape index (κ2) is 4.55. The molecule has 1 aromatic rings. The van der Waals surface area contributed by atoms with Gasteiger partial charge in [-0.15, -0.1) is 0 Å². The highest BCUT2D eigenvalue weighted by Crippen LogP contribution is 2.15. The summed E-state index contributed by atoms with van der Waals surface area (Å²) >= 11 is 0. The Labute approximate surface area is 89.3 Å². The van der Waals surface area contributed by atoms with Crippen LogP contribution in [-0.4, -0.2) is 35.8 Å². The van der Waals surface area contributed by atoms with Crippen molar-refractivity contribution in [3.63, 3.8) is 0 Å². The van der Waals surface area contributed by atoms with Crippen molar-refractivity contribution in [3.05, 3.63) is 18.1 Å². The first-order valence-electron chi connectivity index (χ1n) is 5.16. The Morgan fingerprint density at radius 1 is 1.53 bits per heavy atom. The highest BCUT2D eigenvalue weighted by atomic mass is 16.5. The standard InChI is InChI=1S/C10H16N4O/c1-8-7-15-3-2-14(8)10-6-12-9(4-11)5-13-10/h5-6,8H,2-4,7,11H2,1H3. The number of hydrogen-bond acceptors (Lipinski definition) is 5. The molecular formula is C10H16N4O. The van der Waals surface area contributed by atoms with Gasteiger partial charge in [0.1, 0.15) is 5.82 Å². The Kier molecular flexibility index (Phi) is 3.13. The number of hydrogen-bond donors (Lipinski definition) is 1. The third-order valence-corrected chi connectivity index (χ3v) is 2.56. The van der Waals surface area contributed by atoms with E-state index in [9.17, 15) is 0 Å². The van der Waals surface area contributed by atoms with Gasteiger partial charge in [0.15, 0.2) is 0 Å². The average molecular weight is 208 g/mol. The van der Waals surface area contributed by atoms with Crippen LogP contribution < -0.4 is 10.6 Å². The van der Waals surface area contributed by atoms with Gasteiger partial charge in [0, 0.05) is 13.1 Å². The van der Waals surface area contributed by atoms with Crippen molar-refractivity contribution < 1.29 is 4.74 Å². The van der Waals surface area contributed by atoms with Crippen LogP contribution in [0.4, 0.5) is 5.82 Å². The molecule has 0 bridgehead atoms. The van der Waals surface area contributed by atoms with Crippen LogP contribution in [0.3, 0.4) is 0 Å². The van der Waals surface area contributed by atoms with Gasteiger partial charge in [0.2, 0.25) is 0 Å². The van der Waals surface area contributed by atoms with E-state index >= 15 is 0 Å². The SMILES string of the molecule is CC1COCCN1c1cnc(CN)cn1. The molecule has 1 saturated heterocycles. The molecule has 1 fully saturated rings. The molecule has 0 aromatic carbocycles. The molecule has 0 saturated carbocycles. The minimum Gasteiger partial charge on any atom is -0.377 e. The minimum absolute atomic E-state index is 0.358. The van der Waals surface area contributed by atoms with Crippen molar-refractivity contribution in [1.82, 2.24) is 9.97 Å². The molecule has 1 aliphatic heterocycles. The number of nitrogens with zero attached hydrogens (tertiary/aromatic N) is 3. The van der Waals surface area contributed by atoms with Crippen LogP contribution in [0.15, 0.2) is 12.4 Å². The summed E-state index contributed by atoms with van der Waals surface area (Å²) in [5.41, 5.74) is 6.29. The number of anilines is 1. The third-order valence-electron chi connectivity index (χ3n) is 2.56. The van der Waals surface area contributed by atoms with E-state index in [1.807, 2.05) is 0 Å². The lowest BCUT2D eigenvalue weighted by atomic mass is 10.2. The molecule has 5 nitrogen and oxygen atoms in total. The molecule has 0 aliphatic carbocycles. The summed E-state index contributed by atoms with van der Waals surface area (Å²) in [5, 5.41) is 0. The molecule has 1 atom stereocenters. The summed E-state index contributed by atoms with van der Waals surface area (Å²) in [6.45, 7) is 4.94. The van der Waals surface area contributed by atoms with E-state index < -0.39 is 0 Å². The van der Waals surface area contributed by atoms with Crippen molar-refractivity contribution in [3.8, 4) is 0 Å². The Morgan fingerprint density at radius 2 is 2.40 bits per heavy atom. The van der Waals surface area contributed by atoms with Gasteiger partial charge in [-0.25, -0.2) is 4.98 Å². The fraction of sp³-hybridized carbons (Fsp3) is 0.600. The van der Waals surface area contributed by atoms with Crippen LogP contribution in [0.5, 0.6) is 0 Å². The summed E-state index contributed by atoms with van der Waals surface area (Å²) in [4.78, 5) is 10.8. The highest BCUT2D eigenvalue weighted by Gasteiger charge is 2.19. The predicted octanol–water partition coefficient (Wildman–Crippen LogP) is 0.160. The Morgan fingerprint density at radius 3 is 3.00 bits per heavy atom. The zero-order valence-electron chi connectivity index (χ0n) is 8.89. The maximum Gasteiger partial charge on any atom is 0.147 e. The fourth-order valence-electron chi connectivity index (χ4n) is 1.67. The normalized spacial score (nSPS) is 21.7. The summed E-state index contributed by atoms with van der Waals surface area (Å²) in [6, 6.07) is 0.358. The molecular weight excluding hydrogens is 192 g/mol. The third kappa shape index (κ3) is 2.24. The monoisotopic (exact) mass is 208 g/mol. The van der Waals surface area contributed by atoms with Crippen molar-refractivity contribution in [2.75, 3.05) is 24.7 Å². The number of morpholine rings is 1. The maximum absolute atomic E-state index is 5.47. The van der Waals surface area contributed by atoms with Gasteiger partial charge >= 0.3 is 0 Å². The largest absolute Gasteiger partial charge is 0.377 e. The quantitative estimate of drug-likeness (QED) is 0.750. The maximum atomic E-state index is 5.47. The first kappa shape index (κ1) is 10.3. The Hall–Kier alpha value is -1.20. The van der Waals surface area contributed by atoms with E-state index in [1.165, 1.54) is 0 Å². The molecule has 15 heavy (non-hydrogen) atoms. The fourth-order valence-corrected chi connectivity index (χ4v) is 1.67. The van der Waals surface area contributed by atoms with Crippen LogP contribution in [0.1, 0.15) is 12.6 Å². The number of rotatable bonds is 2. The molecule has 1 aromatic heterocycles. The molecule has 2 rings (SSSR count). The highest BCUT2D eigenvalue weighted by molar-refractivity contribution is 5.37. The molecule has 1 aliphatic rings. The van der Waals surface area contributed by atoms with Crippen molar-refractivity contribution in [2.24, 2.45) is 5.73 Å². The van der Waals surface area contributed by atoms with Crippen molar-refractivity contribution in [2.45, 2.75) is 19.5 Å². The van der Waals surface area contributed by atoms with E-state index in [1.54, 1.807) is 12.4 Å². The minimum atomic E-state index is 0.358. The van der Waals surface area contributed by atoms with E-state index in [0.717, 1.165) is 31.3 Å².